The second kappa shape index (κ2) is 11.7. The molecule has 1 unspecified atom stereocenters. The van der Waals surface area contributed by atoms with Gasteiger partial charge in [0.25, 0.3) is 0 Å². The fourth-order valence-electron chi connectivity index (χ4n) is 1.66. The molecule has 0 saturated heterocycles. The standard InChI is InChI=1S/C13H30N2S/c1-5-6-7-8-13(2)14-9-10-15(3)11-12-16-4/h13-14H,5-12H2,1-4H3. The van der Waals surface area contributed by atoms with Crippen LogP contribution >= 0.6 is 11.8 Å². The van der Waals surface area contributed by atoms with Crippen LogP contribution < -0.4 is 5.32 Å². The fraction of sp³-hybridized carbons (Fsp3) is 1.00. The Balaban J connectivity index is 3.28. The Hall–Kier alpha value is 0.270. The molecule has 0 aliphatic heterocycles. The number of thioether (sulfide) groups is 1. The summed E-state index contributed by atoms with van der Waals surface area (Å²) in [5.41, 5.74) is 0. The normalized spacial score (nSPS) is 13.3. The quantitative estimate of drug-likeness (QED) is 0.564. The first kappa shape index (κ1) is 16.3. The van der Waals surface area contributed by atoms with Gasteiger partial charge >= 0.3 is 0 Å². The van der Waals surface area contributed by atoms with E-state index in [0.29, 0.717) is 6.04 Å². The zero-order chi connectivity index (χ0) is 12.2. The molecular weight excluding hydrogens is 216 g/mol. The van der Waals surface area contributed by atoms with E-state index in [-0.39, 0.29) is 0 Å². The second-order valence-electron chi connectivity index (χ2n) is 4.65. The minimum Gasteiger partial charge on any atom is -0.313 e. The molecule has 0 amide bonds. The lowest BCUT2D eigenvalue weighted by molar-refractivity contribution is 0.340. The predicted octanol–water partition coefficient (Wildman–Crippen LogP) is 2.84. The van der Waals surface area contributed by atoms with Crippen molar-refractivity contribution in [1.29, 1.82) is 0 Å². The molecule has 1 atom stereocenters. The Labute approximate surface area is 107 Å². The minimum atomic E-state index is 0.681. The van der Waals surface area contributed by atoms with Crippen molar-refractivity contribution in [2.24, 2.45) is 0 Å². The molecule has 2 nitrogen and oxygen atoms in total. The summed E-state index contributed by atoms with van der Waals surface area (Å²) in [4.78, 5) is 2.41. The monoisotopic (exact) mass is 246 g/mol. The molecule has 3 heteroatoms. The molecule has 0 aromatic carbocycles. The van der Waals surface area contributed by atoms with Gasteiger partial charge in [-0.3, -0.25) is 0 Å². The van der Waals surface area contributed by atoms with Crippen molar-refractivity contribution in [1.82, 2.24) is 10.2 Å². The summed E-state index contributed by atoms with van der Waals surface area (Å²) in [6.07, 6.45) is 7.56. The summed E-state index contributed by atoms with van der Waals surface area (Å²) < 4.78 is 0. The van der Waals surface area contributed by atoms with E-state index in [9.17, 15) is 0 Å². The van der Waals surface area contributed by atoms with Crippen molar-refractivity contribution in [2.75, 3.05) is 38.7 Å². The summed E-state index contributed by atoms with van der Waals surface area (Å²) in [7, 11) is 2.21. The van der Waals surface area contributed by atoms with Crippen molar-refractivity contribution in [3.8, 4) is 0 Å². The second-order valence-corrected chi connectivity index (χ2v) is 5.63. The van der Waals surface area contributed by atoms with Crippen molar-refractivity contribution in [3.05, 3.63) is 0 Å². The summed E-state index contributed by atoms with van der Waals surface area (Å²) in [5, 5.41) is 3.60. The zero-order valence-electron chi connectivity index (χ0n) is 11.6. The lowest BCUT2D eigenvalue weighted by atomic mass is 10.1. The van der Waals surface area contributed by atoms with Crippen molar-refractivity contribution >= 4 is 11.8 Å². The Morgan fingerprint density at radius 3 is 2.62 bits per heavy atom. The van der Waals surface area contributed by atoms with E-state index < -0.39 is 0 Å². The minimum absolute atomic E-state index is 0.681. The average molecular weight is 246 g/mol. The van der Waals surface area contributed by atoms with Gasteiger partial charge in [0.2, 0.25) is 0 Å². The molecule has 0 radical (unpaired) electrons. The highest BCUT2D eigenvalue weighted by atomic mass is 32.2. The van der Waals surface area contributed by atoms with Crippen LogP contribution in [0.4, 0.5) is 0 Å². The lowest BCUT2D eigenvalue weighted by Gasteiger charge is -2.19. The number of rotatable bonds is 11. The first-order chi connectivity index (χ1) is 7.70. The molecule has 0 aromatic heterocycles. The Kier molecular flexibility index (Phi) is 11.9. The molecular formula is C13H30N2S. The first-order valence-corrected chi connectivity index (χ1v) is 8.01. The number of unbranched alkanes of at least 4 members (excludes halogenated alkanes) is 2. The Morgan fingerprint density at radius 1 is 1.25 bits per heavy atom. The van der Waals surface area contributed by atoms with Gasteiger partial charge in [0.1, 0.15) is 0 Å². The van der Waals surface area contributed by atoms with Gasteiger partial charge in [-0.1, -0.05) is 26.2 Å². The van der Waals surface area contributed by atoms with Crippen LogP contribution in [0.3, 0.4) is 0 Å². The largest absolute Gasteiger partial charge is 0.313 e. The molecule has 0 aliphatic rings. The van der Waals surface area contributed by atoms with Gasteiger partial charge in [-0.2, -0.15) is 11.8 Å². The van der Waals surface area contributed by atoms with Gasteiger partial charge in [0.15, 0.2) is 0 Å². The van der Waals surface area contributed by atoms with E-state index in [1.54, 1.807) is 0 Å². The molecule has 0 bridgehead atoms. The molecule has 0 rings (SSSR count). The van der Waals surface area contributed by atoms with Crippen LogP contribution in [0.5, 0.6) is 0 Å². The van der Waals surface area contributed by atoms with Gasteiger partial charge in [-0.05, 0) is 26.6 Å². The van der Waals surface area contributed by atoms with E-state index in [1.807, 2.05) is 11.8 Å². The van der Waals surface area contributed by atoms with E-state index in [1.165, 1.54) is 44.5 Å². The van der Waals surface area contributed by atoms with E-state index in [2.05, 4.69) is 37.4 Å². The van der Waals surface area contributed by atoms with Crippen molar-refractivity contribution in [2.45, 2.75) is 45.6 Å². The van der Waals surface area contributed by atoms with Crippen LogP contribution in [0.2, 0.25) is 0 Å². The van der Waals surface area contributed by atoms with E-state index >= 15 is 0 Å². The molecule has 1 N–H and O–H groups in total. The van der Waals surface area contributed by atoms with Crippen LogP contribution in [-0.2, 0) is 0 Å². The Bertz CT molecular complexity index is 142. The summed E-state index contributed by atoms with van der Waals surface area (Å²) in [6, 6.07) is 0.681. The van der Waals surface area contributed by atoms with Crippen LogP contribution in [0, 0.1) is 0 Å². The number of hydrogen-bond acceptors (Lipinski definition) is 3. The smallest absolute Gasteiger partial charge is 0.0104 e. The van der Waals surface area contributed by atoms with Crippen LogP contribution in [-0.4, -0.2) is 49.6 Å². The molecule has 0 heterocycles. The maximum Gasteiger partial charge on any atom is 0.0104 e. The van der Waals surface area contributed by atoms with E-state index in [4.69, 9.17) is 0 Å². The highest BCUT2D eigenvalue weighted by Crippen LogP contribution is 2.02. The third kappa shape index (κ3) is 10.8. The van der Waals surface area contributed by atoms with Crippen LogP contribution in [0.25, 0.3) is 0 Å². The topological polar surface area (TPSA) is 15.3 Å². The number of nitrogens with one attached hydrogen (secondary N) is 1. The fourth-order valence-corrected chi connectivity index (χ4v) is 2.16. The van der Waals surface area contributed by atoms with Gasteiger partial charge in [0.05, 0.1) is 0 Å². The lowest BCUT2D eigenvalue weighted by Crippen LogP contribution is -2.35. The molecule has 0 aromatic rings. The average Bonchev–Trinajstić information content (AvgIpc) is 2.26. The maximum atomic E-state index is 3.60. The zero-order valence-corrected chi connectivity index (χ0v) is 12.4. The van der Waals surface area contributed by atoms with Crippen molar-refractivity contribution < 1.29 is 0 Å². The number of likely N-dealkylation sites (N-methyl/N-ethyl adjacent to an activating group) is 1. The van der Waals surface area contributed by atoms with Gasteiger partial charge in [-0.15, -0.1) is 0 Å². The molecule has 0 saturated carbocycles. The van der Waals surface area contributed by atoms with Crippen LogP contribution in [0.15, 0.2) is 0 Å². The highest BCUT2D eigenvalue weighted by molar-refractivity contribution is 7.98. The third-order valence-electron chi connectivity index (χ3n) is 2.90. The van der Waals surface area contributed by atoms with Crippen molar-refractivity contribution in [3.63, 3.8) is 0 Å². The molecule has 0 aliphatic carbocycles. The molecule has 0 spiro atoms. The molecule has 98 valence electrons. The number of nitrogens with zero attached hydrogens (tertiary/aromatic N) is 1. The maximum absolute atomic E-state index is 3.60. The van der Waals surface area contributed by atoms with Gasteiger partial charge in [0, 0.05) is 31.4 Å². The third-order valence-corrected chi connectivity index (χ3v) is 3.49. The summed E-state index contributed by atoms with van der Waals surface area (Å²) in [6.45, 7) is 8.06. The van der Waals surface area contributed by atoms with Gasteiger partial charge < -0.3 is 10.2 Å². The first-order valence-electron chi connectivity index (χ1n) is 6.61. The Morgan fingerprint density at radius 2 is 2.00 bits per heavy atom. The number of hydrogen-bond donors (Lipinski definition) is 1. The molecule has 0 fully saturated rings. The summed E-state index contributed by atoms with van der Waals surface area (Å²) in [5.74, 6) is 1.24. The summed E-state index contributed by atoms with van der Waals surface area (Å²) >= 11 is 1.92. The van der Waals surface area contributed by atoms with E-state index in [0.717, 1.165) is 6.54 Å². The van der Waals surface area contributed by atoms with Gasteiger partial charge in [-0.25, -0.2) is 0 Å². The predicted molar refractivity (Wildman–Crippen MR) is 77.5 cm³/mol. The molecule has 16 heavy (non-hydrogen) atoms. The van der Waals surface area contributed by atoms with Crippen LogP contribution in [0.1, 0.15) is 39.5 Å². The SMILES string of the molecule is CCCCCC(C)NCCN(C)CCSC. The highest BCUT2D eigenvalue weighted by Gasteiger charge is 2.01.